The topological polar surface area (TPSA) is 90.7 Å². The van der Waals surface area contributed by atoms with Crippen LogP contribution in [0.1, 0.15) is 10.4 Å². The van der Waals surface area contributed by atoms with E-state index in [2.05, 4.69) is 5.32 Å². The molecule has 3 aromatic carbocycles. The summed E-state index contributed by atoms with van der Waals surface area (Å²) in [6, 6.07) is 18.1. The van der Waals surface area contributed by atoms with Crippen molar-refractivity contribution in [3.63, 3.8) is 0 Å². The van der Waals surface area contributed by atoms with E-state index in [1.165, 1.54) is 7.11 Å². The highest BCUT2D eigenvalue weighted by Crippen LogP contribution is 2.29. The van der Waals surface area contributed by atoms with E-state index in [4.69, 9.17) is 15.2 Å². The molecule has 132 valence electrons. The summed E-state index contributed by atoms with van der Waals surface area (Å²) in [5, 5.41) is 4.58. The molecule has 0 bridgehead atoms. The maximum absolute atomic E-state index is 12.8. The molecule has 3 rings (SSSR count). The first-order valence-electron chi connectivity index (χ1n) is 7.97. The van der Waals surface area contributed by atoms with Crippen LogP contribution in [0.3, 0.4) is 0 Å². The van der Waals surface area contributed by atoms with E-state index in [0.717, 1.165) is 10.8 Å². The molecule has 6 heteroatoms. The van der Waals surface area contributed by atoms with Crippen molar-refractivity contribution in [1.82, 2.24) is 0 Å². The van der Waals surface area contributed by atoms with Crippen LogP contribution in [0.4, 0.5) is 5.69 Å². The first kappa shape index (κ1) is 17.3. The summed E-state index contributed by atoms with van der Waals surface area (Å²) in [5.41, 5.74) is 6.00. The van der Waals surface area contributed by atoms with Crippen LogP contribution in [0, 0.1) is 0 Å². The van der Waals surface area contributed by atoms with E-state index in [1.54, 1.807) is 30.3 Å². The predicted octanol–water partition coefficient (Wildman–Crippen LogP) is 2.96. The van der Waals surface area contributed by atoms with Gasteiger partial charge in [0, 0.05) is 0 Å². The molecule has 0 heterocycles. The van der Waals surface area contributed by atoms with Crippen LogP contribution in [0.25, 0.3) is 10.8 Å². The third kappa shape index (κ3) is 3.75. The molecule has 3 N–H and O–H groups in total. The van der Waals surface area contributed by atoms with Gasteiger partial charge in [-0.05, 0) is 35.0 Å². The average Bonchev–Trinajstić information content (AvgIpc) is 2.66. The van der Waals surface area contributed by atoms with Crippen LogP contribution in [-0.2, 0) is 4.79 Å². The molecule has 0 aliphatic rings. The Labute approximate surface area is 150 Å². The molecule has 6 nitrogen and oxygen atoms in total. The van der Waals surface area contributed by atoms with Crippen molar-refractivity contribution in [2.24, 2.45) is 5.73 Å². The minimum atomic E-state index is -0.616. The number of fused-ring (bicyclic) bond motifs is 1. The third-order valence-electron chi connectivity index (χ3n) is 3.82. The number of primary amides is 1. The van der Waals surface area contributed by atoms with Gasteiger partial charge in [0.05, 0.1) is 18.4 Å². The maximum atomic E-state index is 12.8. The minimum Gasteiger partial charge on any atom is -0.495 e. The monoisotopic (exact) mass is 350 g/mol. The van der Waals surface area contributed by atoms with Gasteiger partial charge in [0.1, 0.15) is 11.5 Å². The summed E-state index contributed by atoms with van der Waals surface area (Å²) in [5.74, 6) is -0.162. The van der Waals surface area contributed by atoms with Crippen molar-refractivity contribution < 1.29 is 19.1 Å². The second kappa shape index (κ2) is 7.57. The lowest BCUT2D eigenvalue weighted by molar-refractivity contribution is -0.119. The third-order valence-corrected chi connectivity index (χ3v) is 3.82. The number of rotatable bonds is 6. The number of hydrogen-bond acceptors (Lipinski definition) is 4. The average molecular weight is 350 g/mol. The van der Waals surface area contributed by atoms with Gasteiger partial charge in [0.2, 0.25) is 0 Å². The first-order valence-corrected chi connectivity index (χ1v) is 7.97. The van der Waals surface area contributed by atoms with E-state index in [-0.39, 0.29) is 18.3 Å². The number of amides is 2. The molecule has 0 aliphatic heterocycles. The van der Waals surface area contributed by atoms with Crippen molar-refractivity contribution in [2.45, 2.75) is 0 Å². The first-order chi connectivity index (χ1) is 12.6. The van der Waals surface area contributed by atoms with Crippen LogP contribution in [-0.4, -0.2) is 25.5 Å². The molecule has 0 saturated heterocycles. The molecule has 2 amide bonds. The molecule has 0 atom stereocenters. The van der Waals surface area contributed by atoms with E-state index in [9.17, 15) is 9.59 Å². The van der Waals surface area contributed by atoms with Gasteiger partial charge in [-0.3, -0.25) is 9.59 Å². The van der Waals surface area contributed by atoms with Gasteiger partial charge in [0.15, 0.2) is 6.61 Å². The predicted molar refractivity (Wildman–Crippen MR) is 99.6 cm³/mol. The zero-order valence-electron chi connectivity index (χ0n) is 14.2. The van der Waals surface area contributed by atoms with Gasteiger partial charge in [0.25, 0.3) is 11.8 Å². The Bertz CT molecular complexity index is 969. The van der Waals surface area contributed by atoms with Crippen LogP contribution in [0.2, 0.25) is 0 Å². The highest BCUT2D eigenvalue weighted by molar-refractivity contribution is 6.09. The molecular formula is C20H18N2O4. The smallest absolute Gasteiger partial charge is 0.259 e. The van der Waals surface area contributed by atoms with Crippen molar-refractivity contribution >= 4 is 28.3 Å². The molecule has 26 heavy (non-hydrogen) atoms. The molecule has 0 fully saturated rings. The summed E-state index contributed by atoms with van der Waals surface area (Å²) >= 11 is 0. The second-order valence-corrected chi connectivity index (χ2v) is 5.60. The van der Waals surface area contributed by atoms with Gasteiger partial charge >= 0.3 is 0 Å². The number of nitrogens with one attached hydrogen (secondary N) is 1. The Morgan fingerprint density at radius 2 is 1.62 bits per heavy atom. The fourth-order valence-electron chi connectivity index (χ4n) is 2.60. The Kier molecular flexibility index (Phi) is 5.03. The zero-order chi connectivity index (χ0) is 18.5. The molecule has 0 aliphatic carbocycles. The number of nitrogens with two attached hydrogens (primary N) is 1. The molecule has 0 radical (unpaired) electrons. The number of anilines is 1. The number of para-hydroxylation sites is 2. The summed E-state index contributed by atoms with van der Waals surface area (Å²) in [4.78, 5) is 23.9. The van der Waals surface area contributed by atoms with E-state index >= 15 is 0 Å². The summed E-state index contributed by atoms with van der Waals surface area (Å²) < 4.78 is 10.7. The number of benzene rings is 3. The highest BCUT2D eigenvalue weighted by atomic mass is 16.5. The number of hydrogen-bond donors (Lipinski definition) is 2. The molecule has 0 spiro atoms. The van der Waals surface area contributed by atoms with Crippen molar-refractivity contribution in [1.29, 1.82) is 0 Å². The molecule has 0 saturated carbocycles. The van der Waals surface area contributed by atoms with Gasteiger partial charge in [-0.1, -0.05) is 36.4 Å². The van der Waals surface area contributed by atoms with E-state index in [0.29, 0.717) is 17.0 Å². The van der Waals surface area contributed by atoms with Crippen molar-refractivity contribution in [3.05, 3.63) is 66.2 Å². The van der Waals surface area contributed by atoms with Crippen LogP contribution >= 0.6 is 0 Å². The SMILES string of the molecule is COc1ccccc1NC(=O)c1cc2ccccc2cc1OCC(N)=O. The lowest BCUT2D eigenvalue weighted by Crippen LogP contribution is -2.21. The second-order valence-electron chi connectivity index (χ2n) is 5.60. The summed E-state index contributed by atoms with van der Waals surface area (Å²) in [6.07, 6.45) is 0. The van der Waals surface area contributed by atoms with Crippen molar-refractivity contribution in [3.8, 4) is 11.5 Å². The Balaban J connectivity index is 1.99. The van der Waals surface area contributed by atoms with Crippen molar-refractivity contribution in [2.75, 3.05) is 19.0 Å². The number of methoxy groups -OCH3 is 1. The largest absolute Gasteiger partial charge is 0.495 e. The maximum Gasteiger partial charge on any atom is 0.259 e. The van der Waals surface area contributed by atoms with E-state index < -0.39 is 5.91 Å². The fraction of sp³-hybridized carbons (Fsp3) is 0.100. The Morgan fingerprint density at radius 3 is 2.31 bits per heavy atom. The highest BCUT2D eigenvalue weighted by Gasteiger charge is 2.16. The Hall–Kier alpha value is -3.54. The molecular weight excluding hydrogens is 332 g/mol. The summed E-state index contributed by atoms with van der Waals surface area (Å²) in [7, 11) is 1.53. The van der Waals surface area contributed by atoms with E-state index in [1.807, 2.05) is 30.3 Å². The van der Waals surface area contributed by atoms with Crippen LogP contribution in [0.15, 0.2) is 60.7 Å². The lowest BCUT2D eigenvalue weighted by atomic mass is 10.1. The number of ether oxygens (including phenoxy) is 2. The fourth-order valence-corrected chi connectivity index (χ4v) is 2.60. The quantitative estimate of drug-likeness (QED) is 0.715. The molecule has 3 aromatic rings. The normalized spacial score (nSPS) is 10.3. The number of carbonyl (C=O) groups is 2. The van der Waals surface area contributed by atoms with Gasteiger partial charge < -0.3 is 20.5 Å². The summed E-state index contributed by atoms with van der Waals surface area (Å²) in [6.45, 7) is -0.312. The lowest BCUT2D eigenvalue weighted by Gasteiger charge is -2.14. The Morgan fingerprint density at radius 1 is 0.962 bits per heavy atom. The van der Waals surface area contributed by atoms with Crippen LogP contribution in [0.5, 0.6) is 11.5 Å². The zero-order valence-corrected chi connectivity index (χ0v) is 14.2. The molecule has 0 aromatic heterocycles. The number of carbonyl (C=O) groups excluding carboxylic acids is 2. The van der Waals surface area contributed by atoms with Gasteiger partial charge in [-0.25, -0.2) is 0 Å². The van der Waals surface area contributed by atoms with Gasteiger partial charge in [-0.2, -0.15) is 0 Å². The standard InChI is InChI=1S/C20H18N2O4/c1-25-17-9-5-4-8-16(17)22-20(24)15-10-13-6-2-3-7-14(13)11-18(15)26-12-19(21)23/h2-11H,12H2,1H3,(H2,21,23)(H,22,24). The van der Waals surface area contributed by atoms with Crippen LogP contribution < -0.4 is 20.5 Å². The minimum absolute atomic E-state index is 0.287. The van der Waals surface area contributed by atoms with Gasteiger partial charge in [-0.15, -0.1) is 0 Å². The molecule has 0 unspecified atom stereocenters.